The van der Waals surface area contributed by atoms with Crippen LogP contribution in [0.3, 0.4) is 0 Å². The molecule has 0 saturated heterocycles. The first-order valence-electron chi connectivity index (χ1n) is 5.92. The van der Waals surface area contributed by atoms with E-state index in [0.29, 0.717) is 11.5 Å². The molecule has 96 valence electrons. The van der Waals surface area contributed by atoms with Crippen molar-refractivity contribution in [2.45, 2.75) is 27.7 Å². The molecule has 0 aliphatic rings. The Bertz CT molecular complexity index is 481. The third-order valence-electron chi connectivity index (χ3n) is 2.72. The molecule has 2 rings (SSSR count). The Kier molecular flexibility index (Phi) is 4.78. The minimum absolute atomic E-state index is 0.376. The SMILES string of the molecule is Cc1ccc(C)c(O)c1.Cc1ccc(O)c(C)c1. The molecular weight excluding hydrogens is 224 g/mol. The summed E-state index contributed by atoms with van der Waals surface area (Å²) in [5.74, 6) is 0.760. The van der Waals surface area contributed by atoms with Gasteiger partial charge in [-0.25, -0.2) is 0 Å². The largest absolute Gasteiger partial charge is 0.508 e. The van der Waals surface area contributed by atoms with Crippen molar-refractivity contribution in [1.29, 1.82) is 0 Å². The van der Waals surface area contributed by atoms with Crippen molar-refractivity contribution < 1.29 is 10.2 Å². The van der Waals surface area contributed by atoms with Crippen LogP contribution in [0.15, 0.2) is 36.4 Å². The number of phenols is 2. The molecule has 0 aromatic heterocycles. The Balaban J connectivity index is 0.000000180. The van der Waals surface area contributed by atoms with E-state index in [1.165, 1.54) is 5.56 Å². The van der Waals surface area contributed by atoms with E-state index in [0.717, 1.165) is 16.7 Å². The van der Waals surface area contributed by atoms with Gasteiger partial charge in [0, 0.05) is 0 Å². The van der Waals surface area contributed by atoms with Crippen molar-refractivity contribution in [2.24, 2.45) is 0 Å². The van der Waals surface area contributed by atoms with Gasteiger partial charge < -0.3 is 10.2 Å². The first-order valence-corrected chi connectivity index (χ1v) is 5.92. The summed E-state index contributed by atoms with van der Waals surface area (Å²) in [6, 6.07) is 11.2. The highest BCUT2D eigenvalue weighted by molar-refractivity contribution is 5.34. The second-order valence-corrected chi connectivity index (χ2v) is 4.58. The van der Waals surface area contributed by atoms with Crippen LogP contribution >= 0.6 is 0 Å². The molecule has 0 saturated carbocycles. The Morgan fingerprint density at radius 2 is 1.17 bits per heavy atom. The number of rotatable bonds is 0. The Morgan fingerprint density at radius 1 is 0.611 bits per heavy atom. The number of aryl methyl sites for hydroxylation is 4. The zero-order valence-corrected chi connectivity index (χ0v) is 11.4. The van der Waals surface area contributed by atoms with E-state index in [2.05, 4.69) is 0 Å². The van der Waals surface area contributed by atoms with Crippen molar-refractivity contribution in [2.75, 3.05) is 0 Å². The molecule has 0 aliphatic carbocycles. The van der Waals surface area contributed by atoms with Crippen molar-refractivity contribution in [1.82, 2.24) is 0 Å². The van der Waals surface area contributed by atoms with Crippen LogP contribution in [-0.2, 0) is 0 Å². The van der Waals surface area contributed by atoms with Crippen LogP contribution < -0.4 is 0 Å². The van der Waals surface area contributed by atoms with Gasteiger partial charge in [-0.3, -0.25) is 0 Å². The lowest BCUT2D eigenvalue weighted by Crippen LogP contribution is -1.75. The number of phenolic OH excluding ortho intramolecular Hbond substituents is 2. The predicted octanol–water partition coefficient (Wildman–Crippen LogP) is 4.02. The fraction of sp³-hybridized carbons (Fsp3) is 0.250. The Labute approximate surface area is 109 Å². The minimum atomic E-state index is 0.376. The van der Waals surface area contributed by atoms with E-state index < -0.39 is 0 Å². The molecule has 2 nitrogen and oxygen atoms in total. The summed E-state index contributed by atoms with van der Waals surface area (Å²) >= 11 is 0. The zero-order chi connectivity index (χ0) is 13.7. The van der Waals surface area contributed by atoms with Crippen LogP contribution in [-0.4, -0.2) is 10.2 Å². The zero-order valence-electron chi connectivity index (χ0n) is 11.4. The lowest BCUT2D eigenvalue weighted by atomic mass is 10.1. The molecular formula is C16H20O2. The summed E-state index contributed by atoms with van der Waals surface area (Å²) in [6.07, 6.45) is 0. The fourth-order valence-electron chi connectivity index (χ4n) is 1.52. The van der Waals surface area contributed by atoms with Gasteiger partial charge in [0.05, 0.1) is 0 Å². The molecule has 18 heavy (non-hydrogen) atoms. The summed E-state index contributed by atoms with van der Waals surface area (Å²) in [7, 11) is 0. The molecule has 0 aliphatic heterocycles. The van der Waals surface area contributed by atoms with Crippen molar-refractivity contribution in [3.05, 3.63) is 58.7 Å². The van der Waals surface area contributed by atoms with Crippen LogP contribution in [0.5, 0.6) is 11.5 Å². The van der Waals surface area contributed by atoms with Crippen molar-refractivity contribution in [3.63, 3.8) is 0 Å². The predicted molar refractivity (Wildman–Crippen MR) is 75.2 cm³/mol. The van der Waals surface area contributed by atoms with E-state index in [9.17, 15) is 0 Å². The molecule has 0 radical (unpaired) electrons. The van der Waals surface area contributed by atoms with Gasteiger partial charge in [0.2, 0.25) is 0 Å². The van der Waals surface area contributed by atoms with Gasteiger partial charge in [0.25, 0.3) is 0 Å². The lowest BCUT2D eigenvalue weighted by molar-refractivity contribution is 0.470. The maximum absolute atomic E-state index is 9.10. The monoisotopic (exact) mass is 244 g/mol. The summed E-state index contributed by atoms with van der Waals surface area (Å²) in [6.45, 7) is 7.74. The van der Waals surface area contributed by atoms with Crippen molar-refractivity contribution >= 4 is 0 Å². The molecule has 0 heterocycles. The molecule has 0 bridgehead atoms. The first kappa shape index (κ1) is 14.1. The van der Waals surface area contributed by atoms with Crippen LogP contribution in [0.25, 0.3) is 0 Å². The van der Waals surface area contributed by atoms with Gasteiger partial charge in [-0.2, -0.15) is 0 Å². The van der Waals surface area contributed by atoms with E-state index in [1.54, 1.807) is 12.1 Å². The summed E-state index contributed by atoms with van der Waals surface area (Å²) in [5.41, 5.74) is 4.15. The van der Waals surface area contributed by atoms with Gasteiger partial charge in [-0.1, -0.05) is 29.8 Å². The van der Waals surface area contributed by atoms with Gasteiger partial charge in [0.15, 0.2) is 0 Å². The maximum Gasteiger partial charge on any atom is 0.118 e. The molecule has 2 aromatic carbocycles. The molecule has 0 fully saturated rings. The normalized spacial score (nSPS) is 9.56. The fourth-order valence-corrected chi connectivity index (χ4v) is 1.52. The molecule has 0 spiro atoms. The van der Waals surface area contributed by atoms with Crippen LogP contribution in [0.4, 0.5) is 0 Å². The summed E-state index contributed by atoms with van der Waals surface area (Å²) in [5, 5.41) is 18.1. The standard InChI is InChI=1S/2C8H10O/c1-6-3-4-8(9)7(2)5-6;1-6-3-4-7(2)8(9)5-6/h2*3-5,9H,1-2H3. The third kappa shape index (κ3) is 4.13. The number of hydrogen-bond donors (Lipinski definition) is 2. The second-order valence-electron chi connectivity index (χ2n) is 4.58. The van der Waals surface area contributed by atoms with Crippen LogP contribution in [0, 0.1) is 27.7 Å². The lowest BCUT2D eigenvalue weighted by Gasteiger charge is -1.97. The maximum atomic E-state index is 9.10. The average Bonchev–Trinajstić information content (AvgIpc) is 2.30. The minimum Gasteiger partial charge on any atom is -0.508 e. The molecule has 2 N–H and O–H groups in total. The van der Waals surface area contributed by atoms with E-state index in [4.69, 9.17) is 10.2 Å². The summed E-state index contributed by atoms with van der Waals surface area (Å²) in [4.78, 5) is 0. The number of aromatic hydroxyl groups is 2. The average molecular weight is 244 g/mol. The molecule has 0 unspecified atom stereocenters. The molecule has 0 amide bonds. The van der Waals surface area contributed by atoms with Crippen LogP contribution in [0.1, 0.15) is 22.3 Å². The number of hydrogen-bond acceptors (Lipinski definition) is 2. The van der Waals surface area contributed by atoms with E-state index in [-0.39, 0.29) is 0 Å². The number of benzene rings is 2. The highest BCUT2D eigenvalue weighted by Gasteiger charge is 1.92. The highest BCUT2D eigenvalue weighted by Crippen LogP contribution is 2.16. The van der Waals surface area contributed by atoms with Gasteiger partial charge >= 0.3 is 0 Å². The van der Waals surface area contributed by atoms with E-state index >= 15 is 0 Å². The second kappa shape index (κ2) is 6.10. The topological polar surface area (TPSA) is 40.5 Å². The van der Waals surface area contributed by atoms with Gasteiger partial charge in [-0.15, -0.1) is 0 Å². The van der Waals surface area contributed by atoms with E-state index in [1.807, 2.05) is 52.0 Å². The van der Waals surface area contributed by atoms with Gasteiger partial charge in [-0.05, 0) is 56.5 Å². The van der Waals surface area contributed by atoms with Crippen molar-refractivity contribution in [3.8, 4) is 11.5 Å². The summed E-state index contributed by atoms with van der Waals surface area (Å²) < 4.78 is 0. The highest BCUT2D eigenvalue weighted by atomic mass is 16.3. The Morgan fingerprint density at radius 3 is 1.61 bits per heavy atom. The molecule has 2 heteroatoms. The molecule has 0 atom stereocenters. The van der Waals surface area contributed by atoms with Gasteiger partial charge in [0.1, 0.15) is 11.5 Å². The molecule has 2 aromatic rings. The Hall–Kier alpha value is -1.96. The smallest absolute Gasteiger partial charge is 0.118 e. The van der Waals surface area contributed by atoms with Crippen LogP contribution in [0.2, 0.25) is 0 Å². The third-order valence-corrected chi connectivity index (χ3v) is 2.72. The first-order chi connectivity index (χ1) is 8.40. The quantitative estimate of drug-likeness (QED) is 0.735.